The summed E-state index contributed by atoms with van der Waals surface area (Å²) in [5.74, 6) is -0.326. The molecule has 0 radical (unpaired) electrons. The van der Waals surface area contributed by atoms with E-state index in [2.05, 4.69) is 0 Å². The van der Waals surface area contributed by atoms with Gasteiger partial charge in [0.15, 0.2) is 0 Å². The van der Waals surface area contributed by atoms with Crippen LogP contribution >= 0.6 is 0 Å². The minimum Gasteiger partial charge on any atom is -0.466 e. The highest BCUT2D eigenvalue weighted by atomic mass is 16.5. The predicted molar refractivity (Wildman–Crippen MR) is 49.6 cm³/mol. The van der Waals surface area contributed by atoms with Crippen LogP contribution in [0.4, 0.5) is 0 Å². The Hall–Kier alpha value is -0.650. The van der Waals surface area contributed by atoms with Crippen molar-refractivity contribution < 1.29 is 24.9 Å². The number of carbonyl (C=O) groups excluding carboxylic acids is 1. The van der Waals surface area contributed by atoms with Crippen molar-refractivity contribution in [1.82, 2.24) is 0 Å². The predicted octanol–water partition coefficient (Wildman–Crippen LogP) is -0.707. The number of hydrogen-bond acceptors (Lipinski definition) is 5. The normalized spacial score (nSPS) is 11.4. The molecule has 3 N–H and O–H groups in total. The Morgan fingerprint density at radius 1 is 1.21 bits per heavy atom. The first-order valence-electron chi connectivity index (χ1n) is 4.62. The Labute approximate surface area is 83.3 Å². The van der Waals surface area contributed by atoms with Gasteiger partial charge in [-0.1, -0.05) is 6.92 Å². The highest BCUT2D eigenvalue weighted by Crippen LogP contribution is 2.19. The first kappa shape index (κ1) is 13.4. The molecule has 0 heterocycles. The molecule has 0 rings (SSSR count). The van der Waals surface area contributed by atoms with Crippen molar-refractivity contribution in [2.45, 2.75) is 19.8 Å². The van der Waals surface area contributed by atoms with Gasteiger partial charge >= 0.3 is 5.97 Å². The van der Waals surface area contributed by atoms with Gasteiger partial charge in [0.05, 0.1) is 26.4 Å². The zero-order valence-corrected chi connectivity index (χ0v) is 8.40. The average molecular weight is 206 g/mol. The summed E-state index contributed by atoms with van der Waals surface area (Å²) in [6, 6.07) is 0. The molecule has 0 saturated carbocycles. The van der Waals surface area contributed by atoms with Crippen LogP contribution in [0.25, 0.3) is 0 Å². The van der Waals surface area contributed by atoms with E-state index in [1.54, 1.807) is 6.92 Å². The lowest BCUT2D eigenvalue weighted by molar-refractivity contribution is -0.145. The number of aliphatic hydroxyl groups excluding tert-OH is 3. The second-order valence-electron chi connectivity index (χ2n) is 3.30. The summed E-state index contributed by atoms with van der Waals surface area (Å²) in [5.41, 5.74) is -0.950. The molecule has 5 heteroatoms. The van der Waals surface area contributed by atoms with Crippen molar-refractivity contribution in [2.75, 3.05) is 26.4 Å². The Morgan fingerprint density at radius 2 is 1.71 bits per heavy atom. The van der Waals surface area contributed by atoms with Gasteiger partial charge in [-0.2, -0.15) is 0 Å². The van der Waals surface area contributed by atoms with Gasteiger partial charge < -0.3 is 20.1 Å². The van der Waals surface area contributed by atoms with Gasteiger partial charge in [-0.15, -0.1) is 0 Å². The molecular weight excluding hydrogens is 188 g/mol. The standard InChI is InChI=1S/C9H18O5/c1-2-8(13)14-4-3-9(5-10,6-11)7-12/h10-12H,2-7H2,1H3. The van der Waals surface area contributed by atoms with Crippen LogP contribution < -0.4 is 0 Å². The lowest BCUT2D eigenvalue weighted by Crippen LogP contribution is -2.35. The van der Waals surface area contributed by atoms with Crippen LogP contribution in [0.1, 0.15) is 19.8 Å². The largest absolute Gasteiger partial charge is 0.466 e. The minimum atomic E-state index is -0.950. The molecule has 0 fully saturated rings. The molecule has 0 aromatic rings. The van der Waals surface area contributed by atoms with Gasteiger partial charge in [0, 0.05) is 11.8 Å². The van der Waals surface area contributed by atoms with Crippen LogP contribution in [0, 0.1) is 5.41 Å². The molecule has 0 spiro atoms. The molecule has 0 bridgehead atoms. The van der Waals surface area contributed by atoms with Gasteiger partial charge in [-0.05, 0) is 6.42 Å². The Bertz CT molecular complexity index is 156. The summed E-state index contributed by atoms with van der Waals surface area (Å²) in [6.07, 6.45) is 0.548. The van der Waals surface area contributed by atoms with E-state index in [1.165, 1.54) is 0 Å². The van der Waals surface area contributed by atoms with Gasteiger partial charge in [0.1, 0.15) is 0 Å². The molecule has 14 heavy (non-hydrogen) atoms. The van der Waals surface area contributed by atoms with Gasteiger partial charge in [-0.3, -0.25) is 4.79 Å². The van der Waals surface area contributed by atoms with Crippen LogP contribution in [0.3, 0.4) is 0 Å². The monoisotopic (exact) mass is 206 g/mol. The second kappa shape index (κ2) is 6.75. The van der Waals surface area contributed by atoms with Crippen LogP contribution in [0.2, 0.25) is 0 Å². The number of hydrogen-bond donors (Lipinski definition) is 3. The molecule has 0 amide bonds. The Morgan fingerprint density at radius 3 is 2.07 bits per heavy atom. The highest BCUT2D eigenvalue weighted by molar-refractivity contribution is 5.68. The molecule has 0 aliphatic carbocycles. The van der Waals surface area contributed by atoms with E-state index in [0.717, 1.165) is 0 Å². The lowest BCUT2D eigenvalue weighted by Gasteiger charge is -2.26. The van der Waals surface area contributed by atoms with Crippen LogP contribution in [-0.2, 0) is 9.53 Å². The second-order valence-corrected chi connectivity index (χ2v) is 3.30. The van der Waals surface area contributed by atoms with Crippen molar-refractivity contribution >= 4 is 5.97 Å². The molecule has 5 nitrogen and oxygen atoms in total. The fourth-order valence-electron chi connectivity index (χ4n) is 0.871. The van der Waals surface area contributed by atoms with E-state index in [-0.39, 0.29) is 38.8 Å². The maximum Gasteiger partial charge on any atom is 0.305 e. The van der Waals surface area contributed by atoms with Gasteiger partial charge in [-0.25, -0.2) is 0 Å². The maximum absolute atomic E-state index is 10.8. The summed E-state index contributed by atoms with van der Waals surface area (Å²) in [7, 11) is 0. The number of rotatable bonds is 7. The molecule has 0 aromatic heterocycles. The number of ether oxygens (including phenoxy) is 1. The zero-order chi connectivity index (χ0) is 11.0. The minimum absolute atomic E-state index is 0.106. The zero-order valence-electron chi connectivity index (χ0n) is 8.40. The fourth-order valence-corrected chi connectivity index (χ4v) is 0.871. The van der Waals surface area contributed by atoms with E-state index in [9.17, 15) is 4.79 Å². The van der Waals surface area contributed by atoms with Crippen molar-refractivity contribution in [3.8, 4) is 0 Å². The molecule has 0 atom stereocenters. The van der Waals surface area contributed by atoms with Crippen LogP contribution in [0.5, 0.6) is 0 Å². The molecule has 84 valence electrons. The highest BCUT2D eigenvalue weighted by Gasteiger charge is 2.28. The van der Waals surface area contributed by atoms with E-state index < -0.39 is 5.41 Å². The number of aliphatic hydroxyl groups is 3. The summed E-state index contributed by atoms with van der Waals surface area (Å²) in [4.78, 5) is 10.8. The SMILES string of the molecule is CCC(=O)OCCC(CO)(CO)CO. The summed E-state index contributed by atoms with van der Waals surface area (Å²) >= 11 is 0. The van der Waals surface area contributed by atoms with Gasteiger partial charge in [0.2, 0.25) is 0 Å². The number of carbonyl (C=O) groups is 1. The van der Waals surface area contributed by atoms with Crippen LogP contribution in [0.15, 0.2) is 0 Å². The Kier molecular flexibility index (Phi) is 6.44. The van der Waals surface area contributed by atoms with E-state index >= 15 is 0 Å². The summed E-state index contributed by atoms with van der Waals surface area (Å²) in [5, 5.41) is 26.8. The fraction of sp³-hybridized carbons (Fsp3) is 0.889. The third-order valence-electron chi connectivity index (χ3n) is 2.19. The lowest BCUT2D eigenvalue weighted by atomic mass is 9.88. The van der Waals surface area contributed by atoms with E-state index in [0.29, 0.717) is 6.42 Å². The molecule has 0 aromatic carbocycles. The van der Waals surface area contributed by atoms with Crippen LogP contribution in [-0.4, -0.2) is 47.7 Å². The quantitative estimate of drug-likeness (QED) is 0.479. The molecule has 0 unspecified atom stereocenters. The Balaban J connectivity index is 3.88. The van der Waals surface area contributed by atoms with E-state index in [4.69, 9.17) is 20.1 Å². The van der Waals surface area contributed by atoms with Crippen molar-refractivity contribution in [3.63, 3.8) is 0 Å². The third kappa shape index (κ3) is 4.04. The molecule has 0 aliphatic heterocycles. The third-order valence-corrected chi connectivity index (χ3v) is 2.19. The van der Waals surface area contributed by atoms with Crippen molar-refractivity contribution in [2.24, 2.45) is 5.41 Å². The smallest absolute Gasteiger partial charge is 0.305 e. The van der Waals surface area contributed by atoms with Crippen molar-refractivity contribution in [1.29, 1.82) is 0 Å². The average Bonchev–Trinajstić information content (AvgIpc) is 2.25. The summed E-state index contributed by atoms with van der Waals surface area (Å²) in [6.45, 7) is 0.797. The first-order chi connectivity index (χ1) is 6.64. The topological polar surface area (TPSA) is 87.0 Å². The number of esters is 1. The summed E-state index contributed by atoms with van der Waals surface area (Å²) < 4.78 is 4.78. The molecule has 0 saturated heterocycles. The molecule has 0 aliphatic rings. The van der Waals surface area contributed by atoms with Gasteiger partial charge in [0.25, 0.3) is 0 Å². The van der Waals surface area contributed by atoms with E-state index in [1.807, 2.05) is 0 Å². The maximum atomic E-state index is 10.8. The first-order valence-corrected chi connectivity index (χ1v) is 4.62. The molecular formula is C9H18O5. The van der Waals surface area contributed by atoms with Crippen molar-refractivity contribution in [3.05, 3.63) is 0 Å².